The molecule has 0 spiro atoms. The summed E-state index contributed by atoms with van der Waals surface area (Å²) in [5.74, 6) is -0.418. The van der Waals surface area contributed by atoms with E-state index < -0.39 is 0 Å². The van der Waals surface area contributed by atoms with Crippen LogP contribution in [-0.2, 0) is 19.2 Å². The molecule has 26 heavy (non-hydrogen) atoms. The molecule has 7 nitrogen and oxygen atoms in total. The fraction of sp³-hybridized carbons (Fsp3) is 0.778. The SMILES string of the molecule is C[C@@H]1C[C@H](C)C(=O)N(CCNC(=O)CSCC(=O)NC2CCCC2)C1=O. The highest BCUT2D eigenvalue weighted by Crippen LogP contribution is 2.23. The van der Waals surface area contributed by atoms with E-state index in [9.17, 15) is 19.2 Å². The van der Waals surface area contributed by atoms with Gasteiger partial charge in [-0.15, -0.1) is 11.8 Å². The fourth-order valence-electron chi connectivity index (χ4n) is 3.53. The molecule has 0 unspecified atom stereocenters. The van der Waals surface area contributed by atoms with Gasteiger partial charge in [-0.1, -0.05) is 26.7 Å². The standard InChI is InChI=1S/C18H29N3O4S/c1-12-9-13(2)18(25)21(17(12)24)8-7-19-15(22)10-26-11-16(23)20-14-5-3-4-6-14/h12-14H,3-11H2,1-2H3,(H,19,22)(H,20,23)/t12-,13+. The Balaban J connectivity index is 1.60. The Morgan fingerprint density at radius 3 is 2.23 bits per heavy atom. The molecule has 2 rings (SSSR count). The zero-order chi connectivity index (χ0) is 19.1. The van der Waals surface area contributed by atoms with E-state index in [2.05, 4.69) is 10.6 Å². The number of carbonyl (C=O) groups is 4. The lowest BCUT2D eigenvalue weighted by Crippen LogP contribution is -2.50. The van der Waals surface area contributed by atoms with Gasteiger partial charge in [-0.05, 0) is 19.3 Å². The fourth-order valence-corrected chi connectivity index (χ4v) is 4.19. The molecule has 8 heteroatoms. The molecule has 4 amide bonds. The van der Waals surface area contributed by atoms with Gasteiger partial charge in [0.1, 0.15) is 0 Å². The van der Waals surface area contributed by atoms with Crippen LogP contribution >= 0.6 is 11.8 Å². The highest BCUT2D eigenvalue weighted by molar-refractivity contribution is 8.00. The molecule has 2 N–H and O–H groups in total. The Kier molecular flexibility index (Phi) is 7.93. The predicted molar refractivity (Wildman–Crippen MR) is 100 cm³/mol. The van der Waals surface area contributed by atoms with Gasteiger partial charge in [0.2, 0.25) is 23.6 Å². The molecule has 1 aliphatic carbocycles. The second-order valence-corrected chi connectivity index (χ2v) is 8.24. The van der Waals surface area contributed by atoms with Crippen LogP contribution in [0.5, 0.6) is 0 Å². The Bertz CT molecular complexity index is 529. The van der Waals surface area contributed by atoms with Gasteiger partial charge in [0, 0.05) is 31.0 Å². The van der Waals surface area contributed by atoms with Crippen molar-refractivity contribution < 1.29 is 19.2 Å². The first kappa shape index (κ1) is 20.7. The van der Waals surface area contributed by atoms with Gasteiger partial charge < -0.3 is 10.6 Å². The Hall–Kier alpha value is -1.57. The summed E-state index contributed by atoms with van der Waals surface area (Å²) in [5, 5.41) is 5.69. The van der Waals surface area contributed by atoms with Gasteiger partial charge in [-0.3, -0.25) is 24.1 Å². The van der Waals surface area contributed by atoms with Gasteiger partial charge in [0.25, 0.3) is 0 Å². The number of carbonyl (C=O) groups excluding carboxylic acids is 4. The summed E-state index contributed by atoms with van der Waals surface area (Å²) in [6.07, 6.45) is 5.00. The third-order valence-corrected chi connectivity index (χ3v) is 5.86. The number of hydrogen-bond acceptors (Lipinski definition) is 5. The molecule has 1 saturated heterocycles. The first-order valence-corrected chi connectivity index (χ1v) is 10.5. The summed E-state index contributed by atoms with van der Waals surface area (Å²) in [7, 11) is 0. The molecular weight excluding hydrogens is 354 g/mol. The van der Waals surface area contributed by atoms with Crippen LogP contribution in [0.2, 0.25) is 0 Å². The minimum atomic E-state index is -0.193. The zero-order valence-corrected chi connectivity index (χ0v) is 16.4. The largest absolute Gasteiger partial charge is 0.354 e. The monoisotopic (exact) mass is 383 g/mol. The average molecular weight is 384 g/mol. The van der Waals surface area contributed by atoms with E-state index in [1.165, 1.54) is 29.5 Å². The molecule has 0 aromatic heterocycles. The van der Waals surface area contributed by atoms with E-state index in [0.717, 1.165) is 12.8 Å². The lowest BCUT2D eigenvalue weighted by Gasteiger charge is -2.32. The molecular formula is C18H29N3O4S. The van der Waals surface area contributed by atoms with Crippen molar-refractivity contribution in [3.63, 3.8) is 0 Å². The van der Waals surface area contributed by atoms with Crippen molar-refractivity contribution in [2.24, 2.45) is 11.8 Å². The van der Waals surface area contributed by atoms with Gasteiger partial charge >= 0.3 is 0 Å². The molecule has 1 heterocycles. The maximum atomic E-state index is 12.1. The number of hydrogen-bond donors (Lipinski definition) is 2. The summed E-state index contributed by atoms with van der Waals surface area (Å²) in [6, 6.07) is 0.293. The molecule has 1 aliphatic heterocycles. The number of nitrogens with zero attached hydrogens (tertiary/aromatic N) is 1. The third kappa shape index (κ3) is 6.00. The van der Waals surface area contributed by atoms with Crippen LogP contribution in [0.3, 0.4) is 0 Å². The van der Waals surface area contributed by atoms with Crippen molar-refractivity contribution in [3.8, 4) is 0 Å². The second kappa shape index (κ2) is 9.94. The third-order valence-electron chi connectivity index (χ3n) is 4.93. The van der Waals surface area contributed by atoms with Crippen molar-refractivity contribution in [1.82, 2.24) is 15.5 Å². The van der Waals surface area contributed by atoms with Gasteiger partial charge in [0.05, 0.1) is 11.5 Å². The minimum Gasteiger partial charge on any atom is -0.354 e. The van der Waals surface area contributed by atoms with Crippen molar-refractivity contribution in [2.45, 2.75) is 52.0 Å². The number of imide groups is 1. The number of piperidine rings is 1. The Morgan fingerprint density at radius 1 is 1.04 bits per heavy atom. The van der Waals surface area contributed by atoms with E-state index >= 15 is 0 Å². The van der Waals surface area contributed by atoms with Crippen LogP contribution < -0.4 is 10.6 Å². The molecule has 0 aromatic carbocycles. The quantitative estimate of drug-likeness (QED) is 0.608. The van der Waals surface area contributed by atoms with Crippen molar-refractivity contribution >= 4 is 35.4 Å². The topological polar surface area (TPSA) is 95.6 Å². The van der Waals surface area contributed by atoms with Crippen LogP contribution in [0.1, 0.15) is 46.0 Å². The highest BCUT2D eigenvalue weighted by atomic mass is 32.2. The first-order chi connectivity index (χ1) is 12.4. The summed E-state index contributed by atoms with van der Waals surface area (Å²) in [5.41, 5.74) is 0. The molecule has 146 valence electrons. The lowest BCUT2D eigenvalue weighted by molar-refractivity contribution is -0.154. The lowest BCUT2D eigenvalue weighted by atomic mass is 9.90. The van der Waals surface area contributed by atoms with Gasteiger partial charge in [-0.2, -0.15) is 0 Å². The maximum absolute atomic E-state index is 12.1. The minimum absolute atomic E-state index is 0.0258. The van der Waals surface area contributed by atoms with E-state index in [-0.39, 0.29) is 60.1 Å². The van der Waals surface area contributed by atoms with Crippen molar-refractivity contribution in [1.29, 1.82) is 0 Å². The van der Waals surface area contributed by atoms with Gasteiger partial charge in [0.15, 0.2) is 0 Å². The van der Waals surface area contributed by atoms with E-state index in [1.807, 2.05) is 13.8 Å². The summed E-state index contributed by atoms with van der Waals surface area (Å²) >= 11 is 1.27. The maximum Gasteiger partial charge on any atom is 0.232 e. The second-order valence-electron chi connectivity index (χ2n) is 7.26. The molecule has 2 atom stereocenters. The summed E-state index contributed by atoms with van der Waals surface area (Å²) < 4.78 is 0. The summed E-state index contributed by atoms with van der Waals surface area (Å²) in [6.45, 7) is 4.09. The molecule has 2 aliphatic rings. The van der Waals surface area contributed by atoms with Crippen molar-refractivity contribution in [3.05, 3.63) is 0 Å². The van der Waals surface area contributed by atoms with E-state index in [4.69, 9.17) is 0 Å². The molecule has 1 saturated carbocycles. The van der Waals surface area contributed by atoms with E-state index in [0.29, 0.717) is 12.5 Å². The Morgan fingerprint density at radius 2 is 1.62 bits per heavy atom. The Labute approximate surface area is 159 Å². The number of amides is 4. The van der Waals surface area contributed by atoms with Crippen molar-refractivity contribution in [2.75, 3.05) is 24.6 Å². The van der Waals surface area contributed by atoms with Gasteiger partial charge in [-0.25, -0.2) is 0 Å². The van der Waals surface area contributed by atoms with Crippen LogP contribution in [0.4, 0.5) is 0 Å². The summed E-state index contributed by atoms with van der Waals surface area (Å²) in [4.78, 5) is 49.1. The molecule has 2 fully saturated rings. The smallest absolute Gasteiger partial charge is 0.232 e. The number of thioether (sulfide) groups is 1. The molecule has 0 radical (unpaired) electrons. The molecule has 0 bridgehead atoms. The highest BCUT2D eigenvalue weighted by Gasteiger charge is 2.35. The van der Waals surface area contributed by atoms with Crippen LogP contribution in [0.25, 0.3) is 0 Å². The number of likely N-dealkylation sites (tertiary alicyclic amines) is 1. The van der Waals surface area contributed by atoms with Crippen LogP contribution in [0, 0.1) is 11.8 Å². The number of rotatable bonds is 8. The normalized spacial score (nSPS) is 24.0. The van der Waals surface area contributed by atoms with Crippen LogP contribution in [-0.4, -0.2) is 59.2 Å². The molecule has 0 aromatic rings. The average Bonchev–Trinajstić information content (AvgIpc) is 3.09. The first-order valence-electron chi connectivity index (χ1n) is 9.37. The van der Waals surface area contributed by atoms with Crippen LogP contribution in [0.15, 0.2) is 0 Å². The predicted octanol–water partition coefficient (Wildman–Crippen LogP) is 0.926. The number of nitrogens with one attached hydrogen (secondary N) is 2. The zero-order valence-electron chi connectivity index (χ0n) is 15.6. The van der Waals surface area contributed by atoms with E-state index in [1.54, 1.807) is 0 Å².